The number of rotatable bonds is 3. The molecule has 3 aliphatic heterocycles. The molecule has 3 amide bonds. The number of hydrogen-bond acceptors (Lipinski definition) is 6. The monoisotopic (exact) mass is 430 g/mol. The van der Waals surface area contributed by atoms with Gasteiger partial charge < -0.3 is 4.74 Å². The molecule has 1 saturated heterocycles. The Morgan fingerprint density at radius 3 is 2.44 bits per heavy atom. The van der Waals surface area contributed by atoms with Crippen molar-refractivity contribution in [1.29, 1.82) is 0 Å². The third kappa shape index (κ3) is 2.73. The van der Waals surface area contributed by atoms with Gasteiger partial charge in [0, 0.05) is 11.5 Å². The zero-order chi connectivity index (χ0) is 21.8. The predicted octanol–water partition coefficient (Wildman–Crippen LogP) is 2.89. The van der Waals surface area contributed by atoms with Crippen molar-refractivity contribution in [2.45, 2.75) is 6.04 Å². The topological polar surface area (TPSA) is 85.4 Å². The van der Waals surface area contributed by atoms with Gasteiger partial charge in [-0.3, -0.25) is 24.1 Å². The molecule has 1 fully saturated rings. The maximum Gasteiger partial charge on any atom is 0.285 e. The van der Waals surface area contributed by atoms with Gasteiger partial charge in [0.25, 0.3) is 17.7 Å². The molecule has 0 N–H and O–H groups in total. The van der Waals surface area contributed by atoms with Crippen molar-refractivity contribution in [1.82, 2.24) is 10.1 Å². The molecule has 0 radical (unpaired) electrons. The summed E-state index contributed by atoms with van der Waals surface area (Å²) in [6, 6.07) is 17.9. The van der Waals surface area contributed by atoms with Crippen molar-refractivity contribution in [3.8, 4) is 5.75 Å². The first kappa shape index (κ1) is 19.0. The molecule has 0 unspecified atom stereocenters. The molecule has 3 aromatic carbocycles. The van der Waals surface area contributed by atoms with Crippen molar-refractivity contribution in [2.75, 3.05) is 19.8 Å². The van der Waals surface area contributed by atoms with E-state index in [4.69, 9.17) is 14.4 Å². The van der Waals surface area contributed by atoms with Crippen LogP contribution in [0.15, 0.2) is 60.7 Å². The first-order valence-electron chi connectivity index (χ1n) is 10.3. The van der Waals surface area contributed by atoms with Gasteiger partial charge in [0.15, 0.2) is 6.61 Å². The standard InChI is InChI=1S/C24H18N2O6/c27-20(13-32-26-23(28)17-7-3-4-8-18(17)24(26)29)25-22-15(12-31-25)11-30-19-10-9-14-5-1-2-6-16(14)21(19)22/h1-10,15,22H,11-13H2/t15-,22+/m0/s1. The molecule has 2 atom stereocenters. The lowest BCUT2D eigenvalue weighted by atomic mass is 9.88. The number of hydroxylamine groups is 4. The molecule has 3 heterocycles. The Morgan fingerprint density at radius 2 is 1.66 bits per heavy atom. The van der Waals surface area contributed by atoms with E-state index in [9.17, 15) is 14.4 Å². The fraction of sp³-hybridized carbons (Fsp3) is 0.208. The second kappa shape index (κ2) is 7.15. The highest BCUT2D eigenvalue weighted by Gasteiger charge is 2.45. The SMILES string of the molecule is O=C1c2ccccc2C(=O)N1OCC(=O)N1OC[C@@H]2COc3ccc4ccccc4c3[C@@H]21. The Kier molecular flexibility index (Phi) is 4.24. The zero-order valence-corrected chi connectivity index (χ0v) is 16.9. The normalized spacial score (nSPS) is 21.4. The Bertz CT molecular complexity index is 1250. The maximum atomic E-state index is 13.1. The Morgan fingerprint density at radius 1 is 0.938 bits per heavy atom. The smallest absolute Gasteiger partial charge is 0.285 e. The predicted molar refractivity (Wildman–Crippen MR) is 111 cm³/mol. The summed E-state index contributed by atoms with van der Waals surface area (Å²) in [7, 11) is 0. The van der Waals surface area contributed by atoms with Crippen LogP contribution in [0.1, 0.15) is 32.3 Å². The van der Waals surface area contributed by atoms with Crippen LogP contribution in [0.5, 0.6) is 5.75 Å². The Labute approximate surface area is 182 Å². The van der Waals surface area contributed by atoms with E-state index in [1.807, 2.05) is 36.4 Å². The van der Waals surface area contributed by atoms with Gasteiger partial charge in [0.1, 0.15) is 5.75 Å². The number of imide groups is 1. The fourth-order valence-corrected chi connectivity index (χ4v) is 4.63. The first-order valence-corrected chi connectivity index (χ1v) is 10.3. The number of fused-ring (bicyclic) bond motifs is 6. The summed E-state index contributed by atoms with van der Waals surface area (Å²) in [5, 5.41) is 3.97. The summed E-state index contributed by atoms with van der Waals surface area (Å²) in [5.41, 5.74) is 1.41. The molecular weight excluding hydrogens is 412 g/mol. The summed E-state index contributed by atoms with van der Waals surface area (Å²) < 4.78 is 5.93. The molecule has 0 aromatic heterocycles. The molecule has 0 bridgehead atoms. The van der Waals surface area contributed by atoms with E-state index in [0.29, 0.717) is 18.3 Å². The number of hydrogen-bond donors (Lipinski definition) is 0. The van der Waals surface area contributed by atoms with Crippen LogP contribution in [-0.4, -0.2) is 47.7 Å². The van der Waals surface area contributed by atoms with Crippen molar-refractivity contribution in [3.05, 3.63) is 77.4 Å². The van der Waals surface area contributed by atoms with Crippen LogP contribution in [0, 0.1) is 5.92 Å². The van der Waals surface area contributed by atoms with Crippen LogP contribution in [0.4, 0.5) is 0 Å². The van der Waals surface area contributed by atoms with Gasteiger partial charge in [-0.25, -0.2) is 5.06 Å². The molecular formula is C24H18N2O6. The van der Waals surface area contributed by atoms with Gasteiger partial charge in [0.05, 0.1) is 30.4 Å². The molecule has 160 valence electrons. The third-order valence-electron chi connectivity index (χ3n) is 6.13. The van der Waals surface area contributed by atoms with Gasteiger partial charge in [-0.1, -0.05) is 42.5 Å². The lowest BCUT2D eigenvalue weighted by Gasteiger charge is -2.32. The molecule has 8 nitrogen and oxygen atoms in total. The average molecular weight is 430 g/mol. The van der Waals surface area contributed by atoms with E-state index in [1.165, 1.54) is 5.06 Å². The molecule has 3 aromatic rings. The summed E-state index contributed by atoms with van der Waals surface area (Å²) >= 11 is 0. The lowest BCUT2D eigenvalue weighted by Crippen LogP contribution is -2.39. The number of carbonyl (C=O) groups excluding carboxylic acids is 3. The van der Waals surface area contributed by atoms with E-state index < -0.39 is 24.3 Å². The summed E-state index contributed by atoms with van der Waals surface area (Å²) in [4.78, 5) is 49.2. The van der Waals surface area contributed by atoms with Crippen molar-refractivity contribution in [3.63, 3.8) is 0 Å². The van der Waals surface area contributed by atoms with Gasteiger partial charge in [-0.05, 0) is 29.0 Å². The maximum absolute atomic E-state index is 13.1. The van der Waals surface area contributed by atoms with Gasteiger partial charge in [0.2, 0.25) is 0 Å². The van der Waals surface area contributed by atoms with Crippen LogP contribution in [0.3, 0.4) is 0 Å². The number of amides is 3. The molecule has 0 spiro atoms. The Hall–Kier alpha value is -3.75. The van der Waals surface area contributed by atoms with E-state index in [1.54, 1.807) is 24.3 Å². The molecule has 0 aliphatic carbocycles. The lowest BCUT2D eigenvalue weighted by molar-refractivity contribution is -0.190. The minimum Gasteiger partial charge on any atom is -0.493 e. The number of carbonyl (C=O) groups is 3. The van der Waals surface area contributed by atoms with Crippen LogP contribution < -0.4 is 4.74 Å². The Balaban J connectivity index is 1.26. The third-order valence-corrected chi connectivity index (χ3v) is 6.13. The van der Waals surface area contributed by atoms with E-state index in [0.717, 1.165) is 22.1 Å². The average Bonchev–Trinajstić information content (AvgIpc) is 3.37. The first-order chi connectivity index (χ1) is 15.6. The van der Waals surface area contributed by atoms with Crippen molar-refractivity contribution in [2.24, 2.45) is 5.92 Å². The van der Waals surface area contributed by atoms with E-state index in [2.05, 4.69) is 0 Å². The summed E-state index contributed by atoms with van der Waals surface area (Å²) in [5.74, 6) is -0.956. The van der Waals surface area contributed by atoms with Crippen molar-refractivity contribution < 1.29 is 28.8 Å². The summed E-state index contributed by atoms with van der Waals surface area (Å²) in [6.45, 7) is 0.251. The largest absolute Gasteiger partial charge is 0.493 e. The molecule has 32 heavy (non-hydrogen) atoms. The number of ether oxygens (including phenoxy) is 1. The minimum absolute atomic E-state index is 0.0310. The minimum atomic E-state index is -0.582. The zero-order valence-electron chi connectivity index (χ0n) is 16.9. The second-order valence-corrected chi connectivity index (χ2v) is 7.95. The van der Waals surface area contributed by atoms with E-state index in [-0.39, 0.29) is 23.1 Å². The van der Waals surface area contributed by atoms with Crippen LogP contribution >= 0.6 is 0 Å². The highest BCUT2D eigenvalue weighted by atomic mass is 16.7. The highest BCUT2D eigenvalue weighted by molar-refractivity contribution is 6.20. The molecule has 6 rings (SSSR count). The molecule has 0 saturated carbocycles. The van der Waals surface area contributed by atoms with Crippen LogP contribution in [-0.2, 0) is 14.5 Å². The van der Waals surface area contributed by atoms with Gasteiger partial charge >= 0.3 is 0 Å². The van der Waals surface area contributed by atoms with Crippen LogP contribution in [0.25, 0.3) is 10.8 Å². The van der Waals surface area contributed by atoms with E-state index >= 15 is 0 Å². The molecule has 3 aliphatic rings. The molecule has 8 heteroatoms. The van der Waals surface area contributed by atoms with Crippen molar-refractivity contribution >= 4 is 28.5 Å². The quantitative estimate of drug-likeness (QED) is 0.594. The highest BCUT2D eigenvalue weighted by Crippen LogP contribution is 2.46. The summed E-state index contributed by atoms with van der Waals surface area (Å²) in [6.07, 6.45) is 0. The number of benzene rings is 3. The second-order valence-electron chi connectivity index (χ2n) is 7.95. The van der Waals surface area contributed by atoms with Crippen LogP contribution in [0.2, 0.25) is 0 Å². The fourth-order valence-electron chi connectivity index (χ4n) is 4.63. The number of nitrogens with zero attached hydrogens (tertiary/aromatic N) is 2. The van der Waals surface area contributed by atoms with Gasteiger partial charge in [-0.15, -0.1) is 5.06 Å². The van der Waals surface area contributed by atoms with Gasteiger partial charge in [-0.2, -0.15) is 0 Å².